The van der Waals surface area contributed by atoms with Gasteiger partial charge >= 0.3 is 5.97 Å². The predicted octanol–water partition coefficient (Wildman–Crippen LogP) is 2.91. The van der Waals surface area contributed by atoms with Crippen molar-refractivity contribution in [2.24, 2.45) is 10.2 Å². The molecular weight excluding hydrogens is 406 g/mol. The molecule has 0 atom stereocenters. The van der Waals surface area contributed by atoms with Crippen molar-refractivity contribution in [1.82, 2.24) is 4.90 Å². The maximum atomic E-state index is 12.2. The molecule has 1 aliphatic heterocycles. The summed E-state index contributed by atoms with van der Waals surface area (Å²) in [6.45, 7) is 0.475. The van der Waals surface area contributed by atoms with Gasteiger partial charge in [0.25, 0.3) is 0 Å². The molecule has 1 saturated heterocycles. The number of amidine groups is 1. The lowest BCUT2D eigenvalue weighted by Gasteiger charge is -2.15. The summed E-state index contributed by atoms with van der Waals surface area (Å²) in [5.74, 6) is 0.629. The number of benzene rings is 2. The average Bonchev–Trinajstić information content (AvgIpc) is 3.11. The van der Waals surface area contributed by atoms with Crippen molar-refractivity contribution in [1.29, 1.82) is 0 Å². The monoisotopic (exact) mass is 427 g/mol. The Balaban J connectivity index is 1.65. The third-order valence-electron chi connectivity index (χ3n) is 4.44. The van der Waals surface area contributed by atoms with Crippen LogP contribution in [0.2, 0.25) is 0 Å². The number of carboxylic acid groups (broad SMARTS) is 1. The Bertz CT molecular complexity index is 989. The van der Waals surface area contributed by atoms with Crippen LogP contribution in [0.4, 0.5) is 0 Å². The second kappa shape index (κ2) is 9.93. The van der Waals surface area contributed by atoms with Gasteiger partial charge in [0.2, 0.25) is 5.91 Å². The minimum absolute atomic E-state index is 0.0137. The van der Waals surface area contributed by atoms with Crippen LogP contribution in [0.5, 0.6) is 11.5 Å². The molecule has 1 heterocycles. The van der Waals surface area contributed by atoms with Crippen molar-refractivity contribution in [2.75, 3.05) is 26.5 Å². The summed E-state index contributed by atoms with van der Waals surface area (Å²) in [4.78, 5) is 24.7. The highest BCUT2D eigenvalue weighted by Crippen LogP contribution is 2.28. The molecule has 1 fully saturated rings. The Morgan fingerprint density at radius 1 is 1.17 bits per heavy atom. The van der Waals surface area contributed by atoms with Gasteiger partial charge in [-0.25, -0.2) is 4.79 Å². The predicted molar refractivity (Wildman–Crippen MR) is 116 cm³/mol. The van der Waals surface area contributed by atoms with Gasteiger partial charge in [0.15, 0.2) is 16.7 Å². The largest absolute Gasteiger partial charge is 0.493 e. The van der Waals surface area contributed by atoms with Crippen LogP contribution in [0.1, 0.15) is 21.5 Å². The number of aromatic carboxylic acids is 1. The minimum Gasteiger partial charge on any atom is -0.493 e. The Morgan fingerprint density at radius 3 is 2.57 bits per heavy atom. The lowest BCUT2D eigenvalue weighted by atomic mass is 10.1. The number of hydrogen-bond donors (Lipinski definition) is 1. The number of nitrogens with zero attached hydrogens (tertiary/aromatic N) is 3. The first-order valence-corrected chi connectivity index (χ1v) is 10.1. The van der Waals surface area contributed by atoms with Gasteiger partial charge in [-0.2, -0.15) is 5.10 Å². The molecule has 2 aromatic rings. The lowest BCUT2D eigenvalue weighted by molar-refractivity contribution is -0.124. The fourth-order valence-electron chi connectivity index (χ4n) is 2.83. The first-order chi connectivity index (χ1) is 14.5. The summed E-state index contributed by atoms with van der Waals surface area (Å²) < 4.78 is 10.6. The maximum absolute atomic E-state index is 12.2. The first-order valence-electron chi connectivity index (χ1n) is 9.10. The number of carbonyl (C=O) groups is 2. The van der Waals surface area contributed by atoms with Crippen molar-refractivity contribution in [2.45, 2.75) is 6.42 Å². The summed E-state index contributed by atoms with van der Waals surface area (Å²) in [6, 6.07) is 12.0. The molecule has 0 saturated carbocycles. The van der Waals surface area contributed by atoms with Gasteiger partial charge in [-0.1, -0.05) is 30.0 Å². The van der Waals surface area contributed by atoms with Crippen molar-refractivity contribution in [3.8, 4) is 11.5 Å². The van der Waals surface area contributed by atoms with E-state index in [-0.39, 0.29) is 11.5 Å². The van der Waals surface area contributed by atoms with Crippen LogP contribution in [-0.2, 0) is 11.2 Å². The van der Waals surface area contributed by atoms with Crippen LogP contribution in [0, 0.1) is 0 Å². The topological polar surface area (TPSA) is 101 Å². The van der Waals surface area contributed by atoms with Crippen LogP contribution in [0.3, 0.4) is 0 Å². The first kappa shape index (κ1) is 21.4. The highest BCUT2D eigenvalue weighted by atomic mass is 32.2. The zero-order valence-corrected chi connectivity index (χ0v) is 17.4. The Hall–Kier alpha value is -3.33. The van der Waals surface area contributed by atoms with E-state index in [0.29, 0.717) is 35.4 Å². The molecule has 1 aliphatic rings. The normalized spacial score (nSPS) is 15.2. The van der Waals surface area contributed by atoms with Crippen LogP contribution in [0.15, 0.2) is 52.7 Å². The highest BCUT2D eigenvalue weighted by molar-refractivity contribution is 8.15. The van der Waals surface area contributed by atoms with Crippen LogP contribution >= 0.6 is 11.8 Å². The Labute approximate surface area is 178 Å². The third-order valence-corrected chi connectivity index (χ3v) is 5.39. The number of rotatable bonds is 8. The number of ether oxygens (including phenoxy) is 2. The number of thioether (sulfide) groups is 1. The van der Waals surface area contributed by atoms with Crippen molar-refractivity contribution < 1.29 is 24.2 Å². The van der Waals surface area contributed by atoms with Gasteiger partial charge in [-0.3, -0.25) is 9.69 Å². The molecule has 0 spiro atoms. The quantitative estimate of drug-likeness (QED) is 0.514. The van der Waals surface area contributed by atoms with E-state index in [0.717, 1.165) is 11.1 Å². The molecule has 0 radical (unpaired) electrons. The van der Waals surface area contributed by atoms with Crippen LogP contribution in [-0.4, -0.2) is 59.8 Å². The average molecular weight is 427 g/mol. The van der Waals surface area contributed by atoms with E-state index in [1.54, 1.807) is 31.3 Å². The molecule has 156 valence electrons. The Morgan fingerprint density at radius 2 is 1.90 bits per heavy atom. The lowest BCUT2D eigenvalue weighted by Crippen LogP contribution is -2.31. The fourth-order valence-corrected chi connectivity index (χ4v) is 3.69. The molecular formula is C21H21N3O5S. The number of hydrogen-bond acceptors (Lipinski definition) is 7. The van der Waals surface area contributed by atoms with E-state index in [1.807, 2.05) is 18.2 Å². The zero-order valence-electron chi connectivity index (χ0n) is 16.6. The van der Waals surface area contributed by atoms with Crippen molar-refractivity contribution >= 4 is 35.0 Å². The van der Waals surface area contributed by atoms with Gasteiger partial charge in [0.1, 0.15) is 0 Å². The summed E-state index contributed by atoms with van der Waals surface area (Å²) in [5.41, 5.74) is 1.94. The van der Waals surface area contributed by atoms with Gasteiger partial charge < -0.3 is 14.6 Å². The summed E-state index contributed by atoms with van der Waals surface area (Å²) >= 11 is 1.34. The van der Waals surface area contributed by atoms with Crippen LogP contribution in [0.25, 0.3) is 0 Å². The van der Waals surface area contributed by atoms with Gasteiger partial charge in [-0.15, -0.1) is 5.10 Å². The minimum atomic E-state index is -0.982. The number of amides is 1. The molecule has 0 aromatic heterocycles. The van der Waals surface area contributed by atoms with Gasteiger partial charge in [-0.05, 0) is 41.8 Å². The van der Waals surface area contributed by atoms with Gasteiger partial charge in [0.05, 0.1) is 31.8 Å². The molecule has 8 nitrogen and oxygen atoms in total. The highest BCUT2D eigenvalue weighted by Gasteiger charge is 2.28. The van der Waals surface area contributed by atoms with E-state index in [4.69, 9.17) is 14.6 Å². The molecule has 0 aliphatic carbocycles. The molecule has 1 amide bonds. The molecule has 0 bridgehead atoms. The van der Waals surface area contributed by atoms with E-state index >= 15 is 0 Å². The molecule has 0 unspecified atom stereocenters. The number of carbonyl (C=O) groups excluding carboxylic acids is 1. The maximum Gasteiger partial charge on any atom is 0.335 e. The van der Waals surface area contributed by atoms with Crippen molar-refractivity contribution in [3.63, 3.8) is 0 Å². The Kier molecular flexibility index (Phi) is 7.08. The SMILES string of the molecule is COc1ccc(CCN2C(=O)CS/C2=N\N=C\c2ccc(C(=O)O)cc2)cc1OC. The fraction of sp³-hybridized carbons (Fsp3) is 0.238. The zero-order chi connectivity index (χ0) is 21.5. The standard InChI is InChI=1S/C21H21N3O5S/c1-28-17-8-5-14(11-18(17)29-2)9-10-24-19(25)13-30-21(24)23-22-12-15-3-6-16(7-4-15)20(26)27/h3-8,11-12H,9-10,13H2,1-2H3,(H,26,27)/b22-12+,23-21-. The van der Waals surface area contributed by atoms with Crippen LogP contribution < -0.4 is 9.47 Å². The van der Waals surface area contributed by atoms with E-state index in [2.05, 4.69) is 10.2 Å². The number of carboxylic acids is 1. The molecule has 2 aromatic carbocycles. The summed E-state index contributed by atoms with van der Waals surface area (Å²) in [7, 11) is 3.17. The molecule has 30 heavy (non-hydrogen) atoms. The van der Waals surface area contributed by atoms with E-state index < -0.39 is 5.97 Å². The molecule has 1 N–H and O–H groups in total. The second-order valence-electron chi connectivity index (χ2n) is 6.33. The summed E-state index contributed by atoms with van der Waals surface area (Å²) in [5, 5.41) is 17.7. The second-order valence-corrected chi connectivity index (χ2v) is 7.27. The molecule has 9 heteroatoms. The smallest absolute Gasteiger partial charge is 0.335 e. The van der Waals surface area contributed by atoms with E-state index in [1.165, 1.54) is 30.1 Å². The molecule has 3 rings (SSSR count). The summed E-state index contributed by atoms with van der Waals surface area (Å²) in [6.07, 6.45) is 2.15. The number of methoxy groups -OCH3 is 2. The van der Waals surface area contributed by atoms with E-state index in [9.17, 15) is 9.59 Å². The van der Waals surface area contributed by atoms with Crippen molar-refractivity contribution in [3.05, 3.63) is 59.2 Å². The van der Waals surface area contributed by atoms with Gasteiger partial charge in [0, 0.05) is 6.54 Å². The third kappa shape index (κ3) is 5.18.